The lowest BCUT2D eigenvalue weighted by molar-refractivity contribution is 0.176. The van der Waals surface area contributed by atoms with Gasteiger partial charge in [-0.05, 0) is 64.8 Å². The first-order valence-corrected chi connectivity index (χ1v) is 11.9. The van der Waals surface area contributed by atoms with Crippen molar-refractivity contribution in [1.82, 2.24) is 20.5 Å². The quantitative estimate of drug-likeness (QED) is 0.529. The molecule has 0 radical (unpaired) electrons. The van der Waals surface area contributed by atoms with Crippen LogP contribution in [0.5, 0.6) is 0 Å². The van der Waals surface area contributed by atoms with Crippen LogP contribution in [-0.4, -0.2) is 48.6 Å². The van der Waals surface area contributed by atoms with E-state index in [1.54, 1.807) is 11.3 Å². The Morgan fingerprint density at radius 2 is 2.11 bits per heavy atom. The molecule has 0 aliphatic carbocycles. The van der Waals surface area contributed by atoms with Crippen LogP contribution in [0.4, 0.5) is 0 Å². The summed E-state index contributed by atoms with van der Waals surface area (Å²) in [6.07, 6.45) is 3.50. The highest BCUT2D eigenvalue weighted by atomic mass is 32.1. The minimum Gasteiger partial charge on any atom is -0.356 e. The summed E-state index contributed by atoms with van der Waals surface area (Å²) in [7, 11) is 1.86. The second kappa shape index (κ2) is 10.4. The number of hydrogen-bond donors (Lipinski definition) is 2. The Kier molecular flexibility index (Phi) is 7.88. The summed E-state index contributed by atoms with van der Waals surface area (Å²) in [6.45, 7) is 10.8. The molecule has 1 aliphatic rings. The van der Waals surface area contributed by atoms with Crippen LogP contribution in [0.2, 0.25) is 0 Å². The highest BCUT2D eigenvalue weighted by Crippen LogP contribution is 2.19. The van der Waals surface area contributed by atoms with Crippen LogP contribution in [0.1, 0.15) is 40.2 Å². The fourth-order valence-corrected chi connectivity index (χ4v) is 5.30. The number of nitrogens with one attached hydrogen (secondary N) is 2. The smallest absolute Gasteiger partial charge is 0.191 e. The van der Waals surface area contributed by atoms with E-state index in [2.05, 4.69) is 63.8 Å². The monoisotopic (exact) mass is 419 g/mol. The summed E-state index contributed by atoms with van der Waals surface area (Å²) in [5, 5.41) is 10.4. The largest absolute Gasteiger partial charge is 0.356 e. The predicted octanol–water partition coefficient (Wildman–Crippen LogP) is 3.83. The van der Waals surface area contributed by atoms with Crippen LogP contribution in [0.25, 0.3) is 0 Å². The van der Waals surface area contributed by atoms with Crippen molar-refractivity contribution in [3.05, 3.63) is 38.0 Å². The molecule has 0 spiro atoms. The van der Waals surface area contributed by atoms with Crippen LogP contribution in [0.15, 0.2) is 22.5 Å². The number of thiophene rings is 1. The third-order valence-corrected chi connectivity index (χ3v) is 7.07. The molecule has 1 saturated heterocycles. The van der Waals surface area contributed by atoms with Gasteiger partial charge in [0.2, 0.25) is 0 Å². The molecule has 28 heavy (non-hydrogen) atoms. The first kappa shape index (κ1) is 21.3. The Hall–Kier alpha value is -1.44. The van der Waals surface area contributed by atoms with Gasteiger partial charge in [0.15, 0.2) is 5.96 Å². The van der Waals surface area contributed by atoms with Crippen molar-refractivity contribution in [2.24, 2.45) is 10.9 Å². The maximum atomic E-state index is 4.59. The van der Waals surface area contributed by atoms with Crippen LogP contribution in [0.3, 0.4) is 0 Å². The molecule has 1 fully saturated rings. The Labute approximate surface area is 177 Å². The molecule has 3 rings (SSSR count). The number of thiazole rings is 1. The zero-order valence-corrected chi connectivity index (χ0v) is 19.1. The molecule has 5 nitrogen and oxygen atoms in total. The Morgan fingerprint density at radius 3 is 2.71 bits per heavy atom. The van der Waals surface area contributed by atoms with E-state index in [-0.39, 0.29) is 0 Å². The van der Waals surface area contributed by atoms with Gasteiger partial charge in [0.05, 0.1) is 10.7 Å². The van der Waals surface area contributed by atoms with Crippen LogP contribution < -0.4 is 10.6 Å². The van der Waals surface area contributed by atoms with E-state index in [1.807, 2.05) is 18.4 Å². The number of aliphatic imine (C=N–C) groups is 1. The summed E-state index contributed by atoms with van der Waals surface area (Å²) in [5.74, 6) is 1.63. The third kappa shape index (κ3) is 6.57. The van der Waals surface area contributed by atoms with Crippen molar-refractivity contribution >= 4 is 28.6 Å². The lowest BCUT2D eigenvalue weighted by atomic mass is 9.97. The van der Waals surface area contributed by atoms with E-state index in [1.165, 1.54) is 28.3 Å². The van der Waals surface area contributed by atoms with Crippen molar-refractivity contribution < 1.29 is 0 Å². The average molecular weight is 420 g/mol. The van der Waals surface area contributed by atoms with E-state index >= 15 is 0 Å². The highest BCUT2D eigenvalue weighted by Gasteiger charge is 2.20. The molecule has 7 heteroatoms. The predicted molar refractivity (Wildman–Crippen MR) is 122 cm³/mol. The van der Waals surface area contributed by atoms with Crippen molar-refractivity contribution in [3.8, 4) is 0 Å². The molecule has 0 bridgehead atoms. The number of likely N-dealkylation sites (tertiary alicyclic amines) is 1. The molecule has 1 unspecified atom stereocenters. The minimum atomic E-state index is 0.368. The minimum absolute atomic E-state index is 0.368. The van der Waals surface area contributed by atoms with Crippen molar-refractivity contribution in [1.29, 1.82) is 0 Å². The molecular weight excluding hydrogens is 386 g/mol. The first-order chi connectivity index (χ1) is 13.5. The molecule has 2 aromatic heterocycles. The molecule has 0 saturated carbocycles. The number of nitrogens with zero attached hydrogens (tertiary/aromatic N) is 3. The van der Waals surface area contributed by atoms with Crippen molar-refractivity contribution in [3.63, 3.8) is 0 Å². The highest BCUT2D eigenvalue weighted by molar-refractivity contribution is 7.11. The maximum absolute atomic E-state index is 4.59. The number of aryl methyl sites for hydroxylation is 2. The van der Waals surface area contributed by atoms with Gasteiger partial charge in [-0.3, -0.25) is 9.89 Å². The summed E-state index contributed by atoms with van der Waals surface area (Å²) >= 11 is 3.63. The number of hydrogen-bond acceptors (Lipinski definition) is 5. The molecule has 1 aliphatic heterocycles. The summed E-state index contributed by atoms with van der Waals surface area (Å²) in [4.78, 5) is 14.3. The Morgan fingerprint density at radius 1 is 1.32 bits per heavy atom. The molecule has 2 aromatic rings. The van der Waals surface area contributed by atoms with Gasteiger partial charge in [-0.2, -0.15) is 0 Å². The van der Waals surface area contributed by atoms with Crippen molar-refractivity contribution in [2.75, 3.05) is 26.7 Å². The van der Waals surface area contributed by atoms with E-state index in [4.69, 9.17) is 0 Å². The summed E-state index contributed by atoms with van der Waals surface area (Å²) in [6, 6.07) is 4.80. The van der Waals surface area contributed by atoms with Crippen LogP contribution >= 0.6 is 22.7 Å². The van der Waals surface area contributed by atoms with E-state index in [0.29, 0.717) is 12.0 Å². The number of aromatic nitrogens is 1. The van der Waals surface area contributed by atoms with Crippen LogP contribution in [-0.2, 0) is 13.0 Å². The van der Waals surface area contributed by atoms with Crippen LogP contribution in [0, 0.1) is 19.8 Å². The fourth-order valence-electron chi connectivity index (χ4n) is 3.68. The lowest BCUT2D eigenvalue weighted by Gasteiger charge is -2.32. The van der Waals surface area contributed by atoms with Gasteiger partial charge in [-0.25, -0.2) is 4.98 Å². The Balaban J connectivity index is 1.36. The van der Waals surface area contributed by atoms with Gasteiger partial charge in [-0.1, -0.05) is 0 Å². The third-order valence-electron chi connectivity index (χ3n) is 5.23. The zero-order valence-electron chi connectivity index (χ0n) is 17.5. The van der Waals surface area contributed by atoms with Gasteiger partial charge < -0.3 is 10.6 Å². The van der Waals surface area contributed by atoms with E-state index in [9.17, 15) is 0 Å². The standard InChI is InChI=1S/C21H33N5S2/c1-15(11-20-6-5-16(2)28-20)24-21(22-4)23-12-18-7-9-26(10-8-18)13-19-14-27-17(3)25-19/h5-6,14-15,18H,7-13H2,1-4H3,(H2,22,23,24). The maximum Gasteiger partial charge on any atom is 0.191 e. The van der Waals surface area contributed by atoms with E-state index < -0.39 is 0 Å². The number of piperidine rings is 1. The van der Waals surface area contributed by atoms with Gasteiger partial charge in [0.25, 0.3) is 0 Å². The van der Waals surface area contributed by atoms with Gasteiger partial charge in [-0.15, -0.1) is 22.7 Å². The number of rotatable bonds is 7. The fraction of sp³-hybridized carbons (Fsp3) is 0.619. The molecular formula is C21H33N5S2. The van der Waals surface area contributed by atoms with Gasteiger partial charge in [0, 0.05) is 47.7 Å². The molecule has 0 amide bonds. The number of guanidine groups is 1. The summed E-state index contributed by atoms with van der Waals surface area (Å²) < 4.78 is 0. The topological polar surface area (TPSA) is 52.6 Å². The molecule has 3 heterocycles. The molecule has 2 N–H and O–H groups in total. The molecule has 1 atom stereocenters. The SMILES string of the molecule is CN=C(NCC1CCN(Cc2csc(C)n2)CC1)NC(C)Cc1ccc(C)s1. The first-order valence-electron chi connectivity index (χ1n) is 10.2. The van der Waals surface area contributed by atoms with Gasteiger partial charge in [0.1, 0.15) is 0 Å². The lowest BCUT2D eigenvalue weighted by Crippen LogP contribution is -2.46. The molecule has 0 aromatic carbocycles. The Bertz CT molecular complexity index is 758. The normalized spacial score (nSPS) is 17.6. The summed E-state index contributed by atoms with van der Waals surface area (Å²) in [5.41, 5.74) is 1.22. The van der Waals surface area contributed by atoms with Crippen molar-refractivity contribution in [2.45, 2.75) is 52.6 Å². The molecule has 154 valence electrons. The van der Waals surface area contributed by atoms with E-state index in [0.717, 1.165) is 43.6 Å². The second-order valence-electron chi connectivity index (χ2n) is 7.79. The average Bonchev–Trinajstić information content (AvgIpc) is 3.27. The zero-order chi connectivity index (χ0) is 19.9. The van der Waals surface area contributed by atoms with Gasteiger partial charge >= 0.3 is 0 Å². The second-order valence-corrected chi connectivity index (χ2v) is 10.2.